The number of esters is 1. The van der Waals surface area contributed by atoms with Gasteiger partial charge in [0, 0.05) is 0 Å². The van der Waals surface area contributed by atoms with Crippen molar-refractivity contribution in [1.82, 2.24) is 0 Å². The Labute approximate surface area is 132 Å². The number of carbonyl (C=O) groups is 3. The average molecular weight is 326 g/mol. The maximum atomic E-state index is 12.0. The van der Waals surface area contributed by atoms with Crippen LogP contribution in [0.25, 0.3) is 0 Å². The van der Waals surface area contributed by atoms with E-state index in [9.17, 15) is 14.4 Å². The van der Waals surface area contributed by atoms with Gasteiger partial charge in [-0.2, -0.15) is 0 Å². The van der Waals surface area contributed by atoms with Gasteiger partial charge in [-0.1, -0.05) is 0 Å². The van der Waals surface area contributed by atoms with Crippen molar-refractivity contribution in [2.45, 2.75) is 13.0 Å². The fourth-order valence-corrected chi connectivity index (χ4v) is 1.57. The quantitative estimate of drug-likeness (QED) is 0.619. The summed E-state index contributed by atoms with van der Waals surface area (Å²) in [6.07, 6.45) is -1.09. The van der Waals surface area contributed by atoms with Crippen LogP contribution in [0.2, 0.25) is 0 Å². The van der Waals surface area contributed by atoms with Crippen LogP contribution in [0.5, 0.6) is 17.2 Å². The summed E-state index contributed by atoms with van der Waals surface area (Å²) in [6, 6.07) is 2.63. The van der Waals surface area contributed by atoms with Crippen LogP contribution in [0, 0.1) is 0 Å². The molecule has 9 heteroatoms. The first-order chi connectivity index (χ1) is 10.8. The second kappa shape index (κ2) is 7.87. The molecule has 23 heavy (non-hydrogen) atoms. The number of primary amides is 2. The minimum Gasteiger partial charge on any atom is -0.493 e. The van der Waals surface area contributed by atoms with Gasteiger partial charge in [0.2, 0.25) is 5.75 Å². The lowest BCUT2D eigenvalue weighted by atomic mass is 10.2. The van der Waals surface area contributed by atoms with Crippen LogP contribution in [-0.4, -0.2) is 44.7 Å². The van der Waals surface area contributed by atoms with E-state index in [4.69, 9.17) is 30.4 Å². The second-order valence-corrected chi connectivity index (χ2v) is 4.41. The van der Waals surface area contributed by atoms with Crippen LogP contribution in [0.4, 0.5) is 0 Å². The molecule has 0 aromatic heterocycles. The maximum Gasteiger partial charge on any atom is 0.339 e. The maximum absolute atomic E-state index is 12.0. The van der Waals surface area contributed by atoms with Crippen molar-refractivity contribution in [2.75, 3.05) is 20.8 Å². The largest absolute Gasteiger partial charge is 0.493 e. The molecule has 1 aromatic carbocycles. The van der Waals surface area contributed by atoms with Crippen LogP contribution in [0.1, 0.15) is 17.3 Å². The fraction of sp³-hybridized carbons (Fsp3) is 0.357. The first-order valence-electron chi connectivity index (χ1n) is 6.47. The summed E-state index contributed by atoms with van der Waals surface area (Å²) in [5.74, 6) is -1.90. The lowest BCUT2D eigenvalue weighted by molar-refractivity contribution is -0.125. The summed E-state index contributed by atoms with van der Waals surface area (Å²) in [5.41, 5.74) is 10.1. The number of nitrogens with two attached hydrogens (primary N) is 2. The third-order valence-electron chi connectivity index (χ3n) is 2.74. The predicted octanol–water partition coefficient (Wildman–Crippen LogP) is -0.401. The molecule has 9 nitrogen and oxygen atoms in total. The van der Waals surface area contributed by atoms with E-state index >= 15 is 0 Å². The minimum absolute atomic E-state index is 0.0539. The standard InChI is InChI=1S/C14H18N2O7/c1-7(13(16)18)23-14(19)8-4-9(20-2)12(10(5-8)21-3)22-6-11(15)17/h4-5,7H,6H2,1-3H3,(H2,15,17)(H2,16,18). The summed E-state index contributed by atoms with van der Waals surface area (Å²) in [4.78, 5) is 33.8. The molecule has 0 aliphatic carbocycles. The van der Waals surface area contributed by atoms with Crippen molar-refractivity contribution in [3.05, 3.63) is 17.7 Å². The monoisotopic (exact) mass is 326 g/mol. The average Bonchev–Trinajstić information content (AvgIpc) is 2.51. The second-order valence-electron chi connectivity index (χ2n) is 4.41. The molecule has 1 aromatic rings. The van der Waals surface area contributed by atoms with E-state index in [0.717, 1.165) is 0 Å². The van der Waals surface area contributed by atoms with Crippen molar-refractivity contribution >= 4 is 17.8 Å². The fourth-order valence-electron chi connectivity index (χ4n) is 1.57. The van der Waals surface area contributed by atoms with Gasteiger partial charge >= 0.3 is 5.97 Å². The molecule has 4 N–H and O–H groups in total. The SMILES string of the molecule is COc1cc(C(=O)OC(C)C(N)=O)cc(OC)c1OCC(N)=O. The van der Waals surface area contributed by atoms with Crippen molar-refractivity contribution in [3.63, 3.8) is 0 Å². The molecular formula is C14H18N2O7. The summed E-state index contributed by atoms with van der Waals surface area (Å²) < 4.78 is 20.3. The van der Waals surface area contributed by atoms with E-state index in [1.807, 2.05) is 0 Å². The van der Waals surface area contributed by atoms with Crippen LogP contribution < -0.4 is 25.7 Å². The summed E-state index contributed by atoms with van der Waals surface area (Å²) >= 11 is 0. The Bertz CT molecular complexity index is 590. The molecule has 1 rings (SSSR count). The van der Waals surface area contributed by atoms with Crippen LogP contribution >= 0.6 is 0 Å². The molecule has 0 aliphatic heterocycles. The number of benzene rings is 1. The molecule has 0 spiro atoms. The normalized spacial score (nSPS) is 11.3. The van der Waals surface area contributed by atoms with E-state index in [-0.39, 0.29) is 22.8 Å². The Morgan fingerprint density at radius 2 is 1.61 bits per heavy atom. The van der Waals surface area contributed by atoms with Crippen molar-refractivity contribution < 1.29 is 33.3 Å². The minimum atomic E-state index is -1.09. The highest BCUT2D eigenvalue weighted by molar-refractivity contribution is 5.93. The summed E-state index contributed by atoms with van der Waals surface area (Å²) in [5, 5.41) is 0. The van der Waals surface area contributed by atoms with Gasteiger partial charge in [-0.25, -0.2) is 4.79 Å². The molecule has 0 fully saturated rings. The molecule has 0 radical (unpaired) electrons. The lowest BCUT2D eigenvalue weighted by Crippen LogP contribution is -2.30. The topological polar surface area (TPSA) is 140 Å². The Kier molecular flexibility index (Phi) is 6.19. The molecule has 2 amide bonds. The zero-order chi connectivity index (χ0) is 17.6. The number of hydrogen-bond acceptors (Lipinski definition) is 7. The highest BCUT2D eigenvalue weighted by Crippen LogP contribution is 2.38. The predicted molar refractivity (Wildman–Crippen MR) is 78.3 cm³/mol. The molecule has 0 bridgehead atoms. The molecule has 126 valence electrons. The van der Waals surface area contributed by atoms with Crippen LogP contribution in [0.3, 0.4) is 0 Å². The molecule has 0 heterocycles. The van der Waals surface area contributed by atoms with E-state index in [1.54, 1.807) is 0 Å². The summed E-state index contributed by atoms with van der Waals surface area (Å²) in [6.45, 7) is 0.953. The Hall–Kier alpha value is -2.97. The Balaban J connectivity index is 3.14. The number of methoxy groups -OCH3 is 2. The van der Waals surface area contributed by atoms with Gasteiger partial charge in [0.05, 0.1) is 19.8 Å². The van der Waals surface area contributed by atoms with Crippen molar-refractivity contribution in [1.29, 1.82) is 0 Å². The van der Waals surface area contributed by atoms with Gasteiger partial charge in [0.1, 0.15) is 0 Å². The third kappa shape index (κ3) is 4.77. The van der Waals surface area contributed by atoms with Gasteiger partial charge in [-0.05, 0) is 19.1 Å². The van der Waals surface area contributed by atoms with Gasteiger partial charge < -0.3 is 30.4 Å². The molecule has 0 aliphatic rings. The molecular weight excluding hydrogens is 308 g/mol. The smallest absolute Gasteiger partial charge is 0.339 e. The van der Waals surface area contributed by atoms with E-state index in [2.05, 4.69) is 0 Å². The Morgan fingerprint density at radius 3 is 2.00 bits per heavy atom. The number of carbonyl (C=O) groups excluding carboxylic acids is 3. The number of hydrogen-bond donors (Lipinski definition) is 2. The zero-order valence-electron chi connectivity index (χ0n) is 13.0. The number of ether oxygens (including phenoxy) is 4. The lowest BCUT2D eigenvalue weighted by Gasteiger charge is -2.16. The van der Waals surface area contributed by atoms with Gasteiger partial charge in [-0.3, -0.25) is 9.59 Å². The third-order valence-corrected chi connectivity index (χ3v) is 2.74. The number of amides is 2. The Morgan fingerprint density at radius 1 is 1.09 bits per heavy atom. The molecule has 0 saturated heterocycles. The van der Waals surface area contributed by atoms with Gasteiger partial charge in [-0.15, -0.1) is 0 Å². The van der Waals surface area contributed by atoms with Crippen molar-refractivity contribution in [3.8, 4) is 17.2 Å². The van der Waals surface area contributed by atoms with Gasteiger partial charge in [0.15, 0.2) is 24.2 Å². The summed E-state index contributed by atoms with van der Waals surface area (Å²) in [7, 11) is 2.68. The zero-order valence-corrected chi connectivity index (χ0v) is 13.0. The molecule has 0 saturated carbocycles. The first-order valence-corrected chi connectivity index (χ1v) is 6.47. The number of rotatable bonds is 8. The van der Waals surface area contributed by atoms with Crippen LogP contribution in [-0.2, 0) is 14.3 Å². The highest BCUT2D eigenvalue weighted by atomic mass is 16.6. The van der Waals surface area contributed by atoms with E-state index < -0.39 is 30.5 Å². The molecule has 1 unspecified atom stereocenters. The highest BCUT2D eigenvalue weighted by Gasteiger charge is 2.21. The van der Waals surface area contributed by atoms with E-state index in [0.29, 0.717) is 0 Å². The van der Waals surface area contributed by atoms with E-state index in [1.165, 1.54) is 33.3 Å². The first kappa shape index (κ1) is 18.1. The van der Waals surface area contributed by atoms with Gasteiger partial charge in [0.25, 0.3) is 11.8 Å². The molecule has 1 atom stereocenters. The van der Waals surface area contributed by atoms with Crippen LogP contribution in [0.15, 0.2) is 12.1 Å². The van der Waals surface area contributed by atoms with Crippen molar-refractivity contribution in [2.24, 2.45) is 11.5 Å².